The summed E-state index contributed by atoms with van der Waals surface area (Å²) >= 11 is 0. The van der Waals surface area contributed by atoms with Crippen molar-refractivity contribution in [2.24, 2.45) is 5.41 Å². The standard InChI is InChI=1S/C22H31N5O5/c1-22(14-32-21(31)25-9-11-26(3)10-8-23-2)13-17-16(12-15-6-4-5-7-24-15)19(28)27(17)18(22)20(29)30/h4-7,12,17-18,23H,8-11,13-14H2,1-3H3,(H,25,31)(H,29,30)/b16-12+/t17?,18-,22-/m0/s1. The summed E-state index contributed by atoms with van der Waals surface area (Å²) < 4.78 is 5.37. The van der Waals surface area contributed by atoms with E-state index in [1.54, 1.807) is 31.3 Å². The van der Waals surface area contributed by atoms with E-state index >= 15 is 0 Å². The van der Waals surface area contributed by atoms with Gasteiger partial charge in [-0.25, -0.2) is 9.59 Å². The van der Waals surface area contributed by atoms with Gasteiger partial charge >= 0.3 is 12.1 Å². The minimum Gasteiger partial charge on any atom is -0.480 e. The van der Waals surface area contributed by atoms with Crippen LogP contribution in [0.4, 0.5) is 4.79 Å². The fourth-order valence-corrected chi connectivity index (χ4v) is 4.29. The lowest BCUT2D eigenvalue weighted by molar-refractivity contribution is -0.155. The molecule has 3 N–H and O–H groups in total. The van der Waals surface area contributed by atoms with Crippen molar-refractivity contribution in [1.29, 1.82) is 0 Å². The Morgan fingerprint density at radius 1 is 1.38 bits per heavy atom. The number of carboxylic acid groups (broad SMARTS) is 1. The average molecular weight is 446 g/mol. The summed E-state index contributed by atoms with van der Waals surface area (Å²) in [5, 5.41) is 15.6. The van der Waals surface area contributed by atoms with Gasteiger partial charge in [0.2, 0.25) is 0 Å². The van der Waals surface area contributed by atoms with Crippen LogP contribution in [0.1, 0.15) is 19.0 Å². The van der Waals surface area contributed by atoms with E-state index in [0.29, 0.717) is 30.8 Å². The Balaban J connectivity index is 1.59. The Labute approximate surface area is 187 Å². The summed E-state index contributed by atoms with van der Waals surface area (Å²) in [4.78, 5) is 44.5. The third kappa shape index (κ3) is 5.08. The van der Waals surface area contributed by atoms with Crippen molar-refractivity contribution in [2.45, 2.75) is 25.4 Å². The van der Waals surface area contributed by atoms with E-state index in [1.165, 1.54) is 4.90 Å². The van der Waals surface area contributed by atoms with Crippen LogP contribution in [0.2, 0.25) is 0 Å². The van der Waals surface area contributed by atoms with Crippen molar-refractivity contribution in [3.8, 4) is 0 Å². The number of nitrogens with one attached hydrogen (secondary N) is 2. The van der Waals surface area contributed by atoms with E-state index in [4.69, 9.17) is 4.74 Å². The van der Waals surface area contributed by atoms with Crippen LogP contribution in [0.25, 0.3) is 6.08 Å². The number of carbonyl (C=O) groups excluding carboxylic acids is 2. The highest BCUT2D eigenvalue weighted by Gasteiger charge is 2.62. The first-order valence-corrected chi connectivity index (χ1v) is 10.7. The van der Waals surface area contributed by atoms with Crippen molar-refractivity contribution in [3.63, 3.8) is 0 Å². The van der Waals surface area contributed by atoms with Gasteiger partial charge in [0.1, 0.15) is 12.6 Å². The van der Waals surface area contributed by atoms with E-state index in [1.807, 2.05) is 20.2 Å². The van der Waals surface area contributed by atoms with E-state index in [0.717, 1.165) is 13.1 Å². The zero-order valence-corrected chi connectivity index (χ0v) is 18.7. The van der Waals surface area contributed by atoms with Crippen molar-refractivity contribution in [1.82, 2.24) is 25.4 Å². The number of pyridine rings is 1. The molecular formula is C22H31N5O5. The molecule has 174 valence electrons. The highest BCUT2D eigenvalue weighted by Crippen LogP contribution is 2.49. The molecule has 0 aliphatic carbocycles. The Hall–Kier alpha value is -2.98. The number of alkyl carbamates (subject to hydrolysis) is 1. The maximum absolute atomic E-state index is 12.7. The number of fused-ring (bicyclic) bond motifs is 1. The number of aliphatic carboxylic acids is 1. The maximum Gasteiger partial charge on any atom is 0.407 e. The number of hydrogen-bond acceptors (Lipinski definition) is 7. The van der Waals surface area contributed by atoms with Gasteiger partial charge in [0.25, 0.3) is 5.91 Å². The van der Waals surface area contributed by atoms with Crippen molar-refractivity contribution < 1.29 is 24.2 Å². The van der Waals surface area contributed by atoms with Gasteiger partial charge in [-0.15, -0.1) is 0 Å². The van der Waals surface area contributed by atoms with Crippen LogP contribution in [0, 0.1) is 5.41 Å². The van der Waals surface area contributed by atoms with Crippen LogP contribution >= 0.6 is 0 Å². The number of amides is 2. The molecule has 0 spiro atoms. The Bertz CT molecular complexity index is 877. The SMILES string of the molecule is CNCCN(C)CCNC(=O)OC[C@]1(C)CC2/C(=C\c3ccccn3)C(=O)N2[C@H]1C(=O)O. The summed E-state index contributed by atoms with van der Waals surface area (Å²) in [6.07, 6.45) is 3.14. The highest BCUT2D eigenvalue weighted by molar-refractivity contribution is 6.08. The van der Waals surface area contributed by atoms with E-state index < -0.39 is 23.5 Å². The number of rotatable bonds is 10. The van der Waals surface area contributed by atoms with Gasteiger partial charge in [-0.1, -0.05) is 13.0 Å². The molecule has 1 aromatic heterocycles. The molecule has 3 atom stereocenters. The van der Waals surface area contributed by atoms with Crippen molar-refractivity contribution in [2.75, 3.05) is 46.9 Å². The fraction of sp³-hybridized carbons (Fsp3) is 0.545. The zero-order valence-electron chi connectivity index (χ0n) is 18.7. The third-order valence-corrected chi connectivity index (χ3v) is 6.04. The topological polar surface area (TPSA) is 124 Å². The van der Waals surface area contributed by atoms with Crippen LogP contribution in [0.3, 0.4) is 0 Å². The van der Waals surface area contributed by atoms with Crippen LogP contribution in [-0.2, 0) is 14.3 Å². The largest absolute Gasteiger partial charge is 0.480 e. The molecule has 10 nitrogen and oxygen atoms in total. The Kier molecular flexibility index (Phi) is 7.47. The van der Waals surface area contributed by atoms with Gasteiger partial charge in [0.05, 0.1) is 11.7 Å². The molecule has 10 heteroatoms. The summed E-state index contributed by atoms with van der Waals surface area (Å²) in [6.45, 7) is 4.44. The number of carbonyl (C=O) groups is 3. The Morgan fingerprint density at radius 2 is 2.12 bits per heavy atom. The lowest BCUT2D eigenvalue weighted by Crippen LogP contribution is -2.58. The van der Waals surface area contributed by atoms with E-state index in [9.17, 15) is 19.5 Å². The third-order valence-electron chi connectivity index (χ3n) is 6.04. The number of carboxylic acids is 1. The molecule has 2 amide bonds. The second-order valence-corrected chi connectivity index (χ2v) is 8.59. The lowest BCUT2D eigenvalue weighted by Gasteiger charge is -2.40. The Morgan fingerprint density at radius 3 is 2.78 bits per heavy atom. The molecular weight excluding hydrogens is 414 g/mol. The highest BCUT2D eigenvalue weighted by atomic mass is 16.5. The number of aromatic nitrogens is 1. The zero-order chi connectivity index (χ0) is 23.3. The smallest absolute Gasteiger partial charge is 0.407 e. The molecule has 3 heterocycles. The molecule has 2 saturated heterocycles. The van der Waals surface area contributed by atoms with Crippen molar-refractivity contribution in [3.05, 3.63) is 35.7 Å². The molecule has 0 bridgehead atoms. The molecule has 2 fully saturated rings. The number of nitrogens with zero attached hydrogens (tertiary/aromatic N) is 3. The lowest BCUT2D eigenvalue weighted by atomic mass is 9.81. The molecule has 1 unspecified atom stereocenters. The number of β-lactam (4-membered cyclic amide) rings is 1. The van der Waals surface area contributed by atoms with Gasteiger partial charge in [-0.2, -0.15) is 0 Å². The fourth-order valence-electron chi connectivity index (χ4n) is 4.29. The summed E-state index contributed by atoms with van der Waals surface area (Å²) in [6, 6.07) is 4.01. The van der Waals surface area contributed by atoms with Gasteiger partial charge < -0.3 is 30.3 Å². The van der Waals surface area contributed by atoms with Gasteiger partial charge in [0, 0.05) is 43.4 Å². The molecule has 2 aliphatic heterocycles. The summed E-state index contributed by atoms with van der Waals surface area (Å²) in [7, 11) is 3.84. The minimum atomic E-state index is -1.10. The van der Waals surface area contributed by atoms with Gasteiger partial charge in [-0.3, -0.25) is 9.78 Å². The number of hydrogen-bond donors (Lipinski definition) is 3. The van der Waals surface area contributed by atoms with Crippen LogP contribution < -0.4 is 10.6 Å². The summed E-state index contributed by atoms with van der Waals surface area (Å²) in [5.41, 5.74) is 0.284. The number of ether oxygens (including phenoxy) is 1. The summed E-state index contributed by atoms with van der Waals surface area (Å²) in [5.74, 6) is -1.42. The molecule has 0 aromatic carbocycles. The normalized spacial score (nSPS) is 25.6. The molecule has 3 rings (SSSR count). The molecule has 2 aliphatic rings. The van der Waals surface area contributed by atoms with Crippen LogP contribution in [0.5, 0.6) is 0 Å². The second-order valence-electron chi connectivity index (χ2n) is 8.59. The van der Waals surface area contributed by atoms with Crippen molar-refractivity contribution >= 4 is 24.0 Å². The van der Waals surface area contributed by atoms with E-state index in [2.05, 4.69) is 20.5 Å². The average Bonchev–Trinajstić information content (AvgIpc) is 3.05. The predicted octanol–water partition coefficient (Wildman–Crippen LogP) is 0.416. The minimum absolute atomic E-state index is 0.0947. The van der Waals surface area contributed by atoms with Gasteiger partial charge in [0.15, 0.2) is 0 Å². The molecule has 0 saturated carbocycles. The molecule has 32 heavy (non-hydrogen) atoms. The first-order valence-electron chi connectivity index (χ1n) is 10.7. The predicted molar refractivity (Wildman–Crippen MR) is 118 cm³/mol. The second kappa shape index (κ2) is 10.1. The first-order chi connectivity index (χ1) is 15.3. The van der Waals surface area contributed by atoms with Crippen LogP contribution in [-0.4, -0.2) is 96.8 Å². The quantitative estimate of drug-likeness (QED) is 0.350. The van der Waals surface area contributed by atoms with Gasteiger partial charge in [-0.05, 0) is 38.7 Å². The van der Waals surface area contributed by atoms with Crippen LogP contribution in [0.15, 0.2) is 30.0 Å². The monoisotopic (exact) mass is 445 g/mol. The maximum atomic E-state index is 12.7. The van der Waals surface area contributed by atoms with E-state index in [-0.39, 0.29) is 18.6 Å². The number of likely N-dealkylation sites (N-methyl/N-ethyl adjacent to an activating group) is 2. The molecule has 0 radical (unpaired) electrons. The first kappa shape index (κ1) is 23.7. The molecule has 1 aromatic rings.